The lowest BCUT2D eigenvalue weighted by atomic mass is 9.84. The lowest BCUT2D eigenvalue weighted by Crippen LogP contribution is -2.13. The van der Waals surface area contributed by atoms with Gasteiger partial charge in [0.15, 0.2) is 0 Å². The maximum Gasteiger partial charge on any atom is -0.0395 e. The third-order valence-corrected chi connectivity index (χ3v) is 2.61. The molecule has 0 aliphatic rings. The second kappa shape index (κ2) is 4.76. The van der Waals surface area contributed by atoms with E-state index in [2.05, 4.69) is 34.6 Å². The summed E-state index contributed by atoms with van der Waals surface area (Å²) < 4.78 is 0. The summed E-state index contributed by atoms with van der Waals surface area (Å²) in [5.41, 5.74) is 0. The van der Waals surface area contributed by atoms with E-state index in [1.807, 2.05) is 0 Å². The highest BCUT2D eigenvalue weighted by Crippen LogP contribution is 2.23. The van der Waals surface area contributed by atoms with E-state index in [0.717, 1.165) is 24.2 Å². The molecule has 0 rings (SSSR count). The van der Waals surface area contributed by atoms with Gasteiger partial charge in [0.25, 0.3) is 0 Å². The van der Waals surface area contributed by atoms with Crippen molar-refractivity contribution in [1.29, 1.82) is 0 Å². The van der Waals surface area contributed by atoms with Crippen molar-refractivity contribution >= 4 is 0 Å². The van der Waals surface area contributed by atoms with Crippen molar-refractivity contribution in [3.05, 3.63) is 6.92 Å². The normalized spacial score (nSPS) is 17.4. The molecule has 0 aromatic carbocycles. The van der Waals surface area contributed by atoms with Crippen LogP contribution in [0.25, 0.3) is 0 Å². The zero-order valence-electron chi connectivity index (χ0n) is 7.85. The standard InChI is InChI=1S/C10H21/c1-6-7-9(4)10(5)8(2)3/h8-10H,1,6-7H2,2-5H3/q-1. The van der Waals surface area contributed by atoms with Gasteiger partial charge in [0.1, 0.15) is 0 Å². The minimum absolute atomic E-state index is 0.821. The average Bonchev–Trinajstić information content (AvgIpc) is 1.87. The summed E-state index contributed by atoms with van der Waals surface area (Å²) in [5.74, 6) is 2.51. The Morgan fingerprint density at radius 1 is 1.10 bits per heavy atom. The number of rotatable bonds is 4. The lowest BCUT2D eigenvalue weighted by Gasteiger charge is -2.23. The van der Waals surface area contributed by atoms with Crippen LogP contribution in [0.2, 0.25) is 0 Å². The zero-order chi connectivity index (χ0) is 8.15. The summed E-state index contributed by atoms with van der Waals surface area (Å²) in [6.45, 7) is 13.1. The molecule has 0 radical (unpaired) electrons. The molecule has 2 atom stereocenters. The van der Waals surface area contributed by atoms with Crippen molar-refractivity contribution in [1.82, 2.24) is 0 Å². The van der Waals surface area contributed by atoms with Gasteiger partial charge in [-0.05, 0) is 17.8 Å². The van der Waals surface area contributed by atoms with Crippen molar-refractivity contribution in [3.8, 4) is 0 Å². The summed E-state index contributed by atoms with van der Waals surface area (Å²) >= 11 is 0. The maximum atomic E-state index is 3.87. The molecule has 0 spiro atoms. The Kier molecular flexibility index (Phi) is 4.76. The molecule has 0 N–H and O–H groups in total. The Hall–Kier alpha value is 0. The monoisotopic (exact) mass is 141 g/mol. The average molecular weight is 141 g/mol. The summed E-state index contributed by atoms with van der Waals surface area (Å²) in [7, 11) is 0. The van der Waals surface area contributed by atoms with Crippen LogP contribution in [0.15, 0.2) is 0 Å². The van der Waals surface area contributed by atoms with E-state index >= 15 is 0 Å². The predicted molar refractivity (Wildman–Crippen MR) is 47.8 cm³/mol. The van der Waals surface area contributed by atoms with Crippen LogP contribution in [-0.2, 0) is 0 Å². The molecule has 0 saturated carbocycles. The van der Waals surface area contributed by atoms with Crippen molar-refractivity contribution in [2.24, 2.45) is 17.8 Å². The van der Waals surface area contributed by atoms with E-state index in [1.165, 1.54) is 6.42 Å². The highest BCUT2D eigenvalue weighted by atomic mass is 14.2. The van der Waals surface area contributed by atoms with Crippen molar-refractivity contribution < 1.29 is 0 Å². The highest BCUT2D eigenvalue weighted by Gasteiger charge is 2.13. The topological polar surface area (TPSA) is 0 Å². The van der Waals surface area contributed by atoms with Crippen LogP contribution in [-0.4, -0.2) is 0 Å². The van der Waals surface area contributed by atoms with Crippen LogP contribution >= 0.6 is 0 Å². The first-order valence-electron chi connectivity index (χ1n) is 4.38. The lowest BCUT2D eigenvalue weighted by molar-refractivity contribution is 0.283. The minimum atomic E-state index is 0.821. The van der Waals surface area contributed by atoms with Crippen LogP contribution < -0.4 is 0 Å². The molecule has 0 aliphatic carbocycles. The van der Waals surface area contributed by atoms with Gasteiger partial charge < -0.3 is 6.92 Å². The summed E-state index contributed by atoms with van der Waals surface area (Å²) in [6, 6.07) is 0. The van der Waals surface area contributed by atoms with Gasteiger partial charge >= 0.3 is 0 Å². The highest BCUT2D eigenvalue weighted by molar-refractivity contribution is 4.65. The van der Waals surface area contributed by atoms with Gasteiger partial charge in [-0.2, -0.15) is 6.42 Å². The Bertz CT molecular complexity index is 74.1. The van der Waals surface area contributed by atoms with E-state index in [0.29, 0.717) is 0 Å². The molecular weight excluding hydrogens is 120 g/mol. The van der Waals surface area contributed by atoms with Gasteiger partial charge in [-0.25, -0.2) is 0 Å². The van der Waals surface area contributed by atoms with Gasteiger partial charge in [0.2, 0.25) is 0 Å². The first-order valence-corrected chi connectivity index (χ1v) is 4.38. The van der Waals surface area contributed by atoms with Gasteiger partial charge in [-0.3, -0.25) is 0 Å². The molecule has 0 aliphatic heterocycles. The molecule has 0 amide bonds. The summed E-state index contributed by atoms with van der Waals surface area (Å²) in [6.07, 6.45) is 2.36. The van der Waals surface area contributed by atoms with Crippen LogP contribution in [0.3, 0.4) is 0 Å². The SMILES string of the molecule is [CH2-]CCC(C)C(C)C(C)C. The number of hydrogen-bond acceptors (Lipinski definition) is 0. The second-order valence-corrected chi connectivity index (χ2v) is 3.72. The largest absolute Gasteiger partial charge is 0.343 e. The van der Waals surface area contributed by atoms with Crippen LogP contribution in [0, 0.1) is 24.7 Å². The van der Waals surface area contributed by atoms with Crippen molar-refractivity contribution in [2.75, 3.05) is 0 Å². The fraction of sp³-hybridized carbons (Fsp3) is 0.900. The maximum absolute atomic E-state index is 3.87. The van der Waals surface area contributed by atoms with Crippen molar-refractivity contribution in [2.45, 2.75) is 40.5 Å². The molecule has 0 fully saturated rings. The molecule has 62 valence electrons. The first kappa shape index (κ1) is 10.0. The second-order valence-electron chi connectivity index (χ2n) is 3.72. The van der Waals surface area contributed by atoms with Crippen LogP contribution in [0.5, 0.6) is 0 Å². The van der Waals surface area contributed by atoms with Gasteiger partial charge in [0, 0.05) is 0 Å². The third kappa shape index (κ3) is 3.24. The zero-order valence-corrected chi connectivity index (χ0v) is 7.85. The molecule has 0 heteroatoms. The summed E-state index contributed by atoms with van der Waals surface area (Å²) in [5, 5.41) is 0. The molecule has 0 nitrogen and oxygen atoms in total. The minimum Gasteiger partial charge on any atom is -0.343 e. The van der Waals surface area contributed by atoms with E-state index in [9.17, 15) is 0 Å². The van der Waals surface area contributed by atoms with Crippen LogP contribution in [0.1, 0.15) is 40.5 Å². The quantitative estimate of drug-likeness (QED) is 0.525. The molecule has 0 aromatic heterocycles. The van der Waals surface area contributed by atoms with Crippen LogP contribution in [0.4, 0.5) is 0 Å². The van der Waals surface area contributed by atoms with E-state index in [-0.39, 0.29) is 0 Å². The Morgan fingerprint density at radius 3 is 1.90 bits per heavy atom. The summed E-state index contributed by atoms with van der Waals surface area (Å²) in [4.78, 5) is 0. The van der Waals surface area contributed by atoms with E-state index in [1.54, 1.807) is 0 Å². The van der Waals surface area contributed by atoms with Gasteiger partial charge in [-0.15, -0.1) is 0 Å². The van der Waals surface area contributed by atoms with Gasteiger partial charge in [0.05, 0.1) is 0 Å². The smallest absolute Gasteiger partial charge is 0.0395 e. The molecular formula is C10H21-. The third-order valence-electron chi connectivity index (χ3n) is 2.61. The van der Waals surface area contributed by atoms with Crippen molar-refractivity contribution in [3.63, 3.8) is 0 Å². The molecule has 0 saturated heterocycles. The Labute approximate surface area is 66.0 Å². The molecule has 2 unspecified atom stereocenters. The van der Waals surface area contributed by atoms with Gasteiger partial charge in [-0.1, -0.05) is 34.1 Å². The van der Waals surface area contributed by atoms with E-state index in [4.69, 9.17) is 0 Å². The Balaban J connectivity index is 3.58. The fourth-order valence-corrected chi connectivity index (χ4v) is 1.24. The van der Waals surface area contributed by atoms with E-state index < -0.39 is 0 Å². The molecule has 0 bridgehead atoms. The first-order chi connectivity index (χ1) is 4.59. The molecule has 0 aromatic rings. The predicted octanol–water partition coefficient (Wildman–Crippen LogP) is 3.53. The number of hydrogen-bond donors (Lipinski definition) is 0. The Morgan fingerprint density at radius 2 is 1.60 bits per heavy atom. The molecule has 10 heavy (non-hydrogen) atoms. The molecule has 0 heterocycles. The fourth-order valence-electron chi connectivity index (χ4n) is 1.24.